The molecule has 1 fully saturated rings. The number of carbonyl (C=O) groups excluding carboxylic acids is 2. The van der Waals surface area contributed by atoms with Gasteiger partial charge in [0.1, 0.15) is 12.2 Å². The highest BCUT2D eigenvalue weighted by Crippen LogP contribution is 2.44. The van der Waals surface area contributed by atoms with Crippen molar-refractivity contribution in [2.75, 3.05) is 11.9 Å². The Balaban J connectivity index is 1.15. The third-order valence-electron chi connectivity index (χ3n) is 6.77. The zero-order valence-corrected chi connectivity index (χ0v) is 19.2. The van der Waals surface area contributed by atoms with E-state index in [0.717, 1.165) is 11.1 Å². The maximum Gasteiger partial charge on any atom is 0.407 e. The van der Waals surface area contributed by atoms with Gasteiger partial charge in [0, 0.05) is 31.1 Å². The molecule has 1 saturated carbocycles. The molecule has 2 amide bonds. The second-order valence-corrected chi connectivity index (χ2v) is 9.04. The minimum Gasteiger partial charge on any atom is -0.477 e. The Morgan fingerprint density at radius 1 is 1.06 bits per heavy atom. The number of carboxylic acids is 1. The zero-order valence-electron chi connectivity index (χ0n) is 19.2. The third-order valence-corrected chi connectivity index (χ3v) is 6.77. The maximum absolute atomic E-state index is 12.7. The van der Waals surface area contributed by atoms with Crippen molar-refractivity contribution >= 4 is 23.8 Å². The first kappa shape index (κ1) is 22.6. The molecule has 2 aliphatic carbocycles. The number of hydrogen-bond acceptors (Lipinski definition) is 5. The number of ether oxygens (including phenoxy) is 1. The fraction of sp³-hybridized carbons (Fsp3) is 0.308. The molecule has 0 aliphatic heterocycles. The van der Waals surface area contributed by atoms with Gasteiger partial charge in [-0.05, 0) is 41.5 Å². The predicted molar refractivity (Wildman–Crippen MR) is 128 cm³/mol. The van der Waals surface area contributed by atoms with Crippen molar-refractivity contribution in [3.05, 3.63) is 71.4 Å². The molecule has 0 saturated heterocycles. The van der Waals surface area contributed by atoms with Crippen LogP contribution in [0.2, 0.25) is 0 Å². The Morgan fingerprint density at radius 3 is 2.37 bits per heavy atom. The largest absolute Gasteiger partial charge is 0.477 e. The number of nitrogens with one attached hydrogen (secondary N) is 2. The van der Waals surface area contributed by atoms with Crippen molar-refractivity contribution in [2.24, 2.45) is 13.0 Å². The van der Waals surface area contributed by atoms with Crippen molar-refractivity contribution in [2.45, 2.75) is 31.2 Å². The Labute approximate surface area is 202 Å². The summed E-state index contributed by atoms with van der Waals surface area (Å²) in [5.41, 5.74) is 4.57. The number of alkyl carbamates (subject to hydrolysis) is 1. The summed E-state index contributed by atoms with van der Waals surface area (Å²) < 4.78 is 6.95. The lowest BCUT2D eigenvalue weighted by Crippen LogP contribution is -2.35. The summed E-state index contributed by atoms with van der Waals surface area (Å²) in [6.45, 7) is 0.230. The molecular formula is C26H26N4O5. The number of amides is 2. The van der Waals surface area contributed by atoms with E-state index in [4.69, 9.17) is 4.74 Å². The van der Waals surface area contributed by atoms with Crippen molar-refractivity contribution in [3.63, 3.8) is 0 Å². The zero-order chi connectivity index (χ0) is 24.5. The fourth-order valence-electron chi connectivity index (χ4n) is 5.11. The van der Waals surface area contributed by atoms with Gasteiger partial charge in [-0.25, -0.2) is 9.59 Å². The molecule has 2 aromatic carbocycles. The van der Waals surface area contributed by atoms with Gasteiger partial charge in [0.05, 0.1) is 0 Å². The average molecular weight is 475 g/mol. The highest BCUT2D eigenvalue weighted by atomic mass is 16.5. The lowest BCUT2D eigenvalue weighted by Gasteiger charge is -2.17. The van der Waals surface area contributed by atoms with Crippen LogP contribution in [-0.2, 0) is 16.6 Å². The van der Waals surface area contributed by atoms with Crippen LogP contribution in [0.1, 0.15) is 46.7 Å². The van der Waals surface area contributed by atoms with Crippen LogP contribution in [-0.4, -0.2) is 45.5 Å². The minimum atomic E-state index is -1.16. The molecule has 2 atom stereocenters. The minimum absolute atomic E-state index is 0.0166. The molecule has 2 aliphatic rings. The van der Waals surface area contributed by atoms with Crippen LogP contribution in [0, 0.1) is 5.92 Å². The number of benzene rings is 2. The van der Waals surface area contributed by atoms with Crippen LogP contribution in [0.15, 0.2) is 54.7 Å². The first-order valence-electron chi connectivity index (χ1n) is 11.6. The normalized spacial score (nSPS) is 18.5. The van der Waals surface area contributed by atoms with E-state index in [1.54, 1.807) is 7.05 Å². The molecular weight excluding hydrogens is 448 g/mol. The van der Waals surface area contributed by atoms with E-state index in [1.807, 2.05) is 24.3 Å². The van der Waals surface area contributed by atoms with Gasteiger partial charge < -0.3 is 20.5 Å². The van der Waals surface area contributed by atoms with Gasteiger partial charge in [0.15, 0.2) is 5.82 Å². The van der Waals surface area contributed by atoms with Crippen molar-refractivity contribution in [1.29, 1.82) is 0 Å². The average Bonchev–Trinajstić information content (AvgIpc) is 3.54. The predicted octanol–water partition coefficient (Wildman–Crippen LogP) is 3.76. The van der Waals surface area contributed by atoms with Gasteiger partial charge in [-0.15, -0.1) is 0 Å². The van der Waals surface area contributed by atoms with E-state index in [-0.39, 0.29) is 41.8 Å². The van der Waals surface area contributed by atoms with E-state index < -0.39 is 12.1 Å². The summed E-state index contributed by atoms with van der Waals surface area (Å²) in [5, 5.41) is 18.8. The molecule has 35 heavy (non-hydrogen) atoms. The van der Waals surface area contributed by atoms with Crippen molar-refractivity contribution < 1.29 is 24.2 Å². The molecule has 0 bridgehead atoms. The SMILES string of the molecule is Cn1cc(C(=O)O)c(NC(=O)[C@H]2CC[C@@H](NC(=O)OCC3c4ccccc4-c4ccccc43)C2)n1. The molecule has 0 unspecified atom stereocenters. The van der Waals surface area contributed by atoms with E-state index >= 15 is 0 Å². The Hall–Kier alpha value is -4.14. The highest BCUT2D eigenvalue weighted by molar-refractivity contribution is 6.00. The number of fused-ring (bicyclic) bond motifs is 3. The molecule has 3 aromatic rings. The van der Waals surface area contributed by atoms with Gasteiger partial charge in [-0.3, -0.25) is 9.48 Å². The number of anilines is 1. The van der Waals surface area contributed by atoms with E-state index in [9.17, 15) is 19.5 Å². The number of aryl methyl sites for hydroxylation is 1. The number of carbonyl (C=O) groups is 3. The standard InChI is InChI=1S/C26H26N4O5/c1-30-13-21(25(32)33)23(29-30)28-24(31)15-10-11-16(12-15)27-26(34)35-14-22-19-8-4-2-6-17(19)18-7-3-5-9-20(18)22/h2-9,13,15-16,22H,10-12,14H2,1H3,(H,27,34)(H,32,33)(H,28,29,31)/t15-,16+/m0/s1. The lowest BCUT2D eigenvalue weighted by atomic mass is 9.98. The van der Waals surface area contributed by atoms with E-state index in [1.165, 1.54) is 22.0 Å². The molecule has 0 radical (unpaired) electrons. The molecule has 9 heteroatoms. The van der Waals surface area contributed by atoms with Crippen LogP contribution in [0.5, 0.6) is 0 Å². The van der Waals surface area contributed by atoms with Gasteiger partial charge >= 0.3 is 12.1 Å². The quantitative estimate of drug-likeness (QED) is 0.500. The molecule has 9 nitrogen and oxygen atoms in total. The highest BCUT2D eigenvalue weighted by Gasteiger charge is 2.33. The van der Waals surface area contributed by atoms with Crippen LogP contribution in [0.25, 0.3) is 11.1 Å². The van der Waals surface area contributed by atoms with Crippen molar-refractivity contribution in [3.8, 4) is 11.1 Å². The second-order valence-electron chi connectivity index (χ2n) is 9.04. The molecule has 3 N–H and O–H groups in total. The van der Waals surface area contributed by atoms with Crippen LogP contribution < -0.4 is 10.6 Å². The van der Waals surface area contributed by atoms with Crippen LogP contribution >= 0.6 is 0 Å². The molecule has 1 heterocycles. The maximum atomic E-state index is 12.7. The van der Waals surface area contributed by atoms with Crippen molar-refractivity contribution in [1.82, 2.24) is 15.1 Å². The Kier molecular flexibility index (Phi) is 5.98. The monoisotopic (exact) mass is 474 g/mol. The summed E-state index contributed by atoms with van der Waals surface area (Å²) in [4.78, 5) is 36.6. The van der Waals surface area contributed by atoms with Crippen LogP contribution in [0.4, 0.5) is 10.6 Å². The van der Waals surface area contributed by atoms with Gasteiger partial charge in [-0.2, -0.15) is 5.10 Å². The molecule has 1 aromatic heterocycles. The van der Waals surface area contributed by atoms with Gasteiger partial charge in [-0.1, -0.05) is 48.5 Å². The van der Waals surface area contributed by atoms with Crippen LogP contribution in [0.3, 0.4) is 0 Å². The first-order chi connectivity index (χ1) is 16.9. The number of aromatic nitrogens is 2. The Bertz CT molecular complexity index is 1250. The second kappa shape index (κ2) is 9.25. The number of nitrogens with zero attached hydrogens (tertiary/aromatic N) is 2. The number of aromatic carboxylic acids is 1. The lowest BCUT2D eigenvalue weighted by molar-refractivity contribution is -0.119. The van der Waals surface area contributed by atoms with E-state index in [2.05, 4.69) is 40.0 Å². The summed E-state index contributed by atoms with van der Waals surface area (Å²) in [5.74, 6) is -1.80. The topological polar surface area (TPSA) is 123 Å². The first-order valence-corrected chi connectivity index (χ1v) is 11.6. The number of carboxylic acid groups (broad SMARTS) is 1. The van der Waals surface area contributed by atoms with E-state index in [0.29, 0.717) is 19.3 Å². The van der Waals surface area contributed by atoms with Gasteiger partial charge in [0.2, 0.25) is 5.91 Å². The summed E-state index contributed by atoms with van der Waals surface area (Å²) in [7, 11) is 1.59. The summed E-state index contributed by atoms with van der Waals surface area (Å²) in [6, 6.07) is 16.1. The fourth-order valence-corrected chi connectivity index (χ4v) is 5.11. The van der Waals surface area contributed by atoms with Gasteiger partial charge in [0.25, 0.3) is 0 Å². The molecule has 180 valence electrons. The summed E-state index contributed by atoms with van der Waals surface area (Å²) in [6.07, 6.45) is 2.50. The Morgan fingerprint density at radius 2 is 1.71 bits per heavy atom. The summed E-state index contributed by atoms with van der Waals surface area (Å²) >= 11 is 0. The number of hydrogen-bond donors (Lipinski definition) is 3. The smallest absolute Gasteiger partial charge is 0.407 e. The molecule has 0 spiro atoms. The molecule has 5 rings (SSSR count). The number of rotatable bonds is 6. The third kappa shape index (κ3) is 4.49.